The van der Waals surface area contributed by atoms with E-state index in [1.165, 1.54) is 12.8 Å². The van der Waals surface area contributed by atoms with Crippen molar-refractivity contribution in [3.63, 3.8) is 0 Å². The van der Waals surface area contributed by atoms with Crippen LogP contribution in [0.3, 0.4) is 0 Å². The molecule has 0 saturated carbocycles. The zero-order chi connectivity index (χ0) is 11.4. The maximum absolute atomic E-state index is 9.95. The molecule has 1 fully saturated rings. The van der Waals surface area contributed by atoms with Gasteiger partial charge in [-0.2, -0.15) is 0 Å². The first-order chi connectivity index (χ1) is 7.83. The molecule has 0 bridgehead atoms. The molecule has 2 N–H and O–H groups in total. The summed E-state index contributed by atoms with van der Waals surface area (Å²) in [5.74, 6) is 1.15. The fourth-order valence-corrected chi connectivity index (χ4v) is 2.26. The smallest absolute Gasteiger partial charge is 0.127 e. The van der Waals surface area contributed by atoms with E-state index in [2.05, 4.69) is 5.32 Å². The van der Waals surface area contributed by atoms with Crippen molar-refractivity contribution in [3.05, 3.63) is 23.8 Å². The Morgan fingerprint density at radius 3 is 3.00 bits per heavy atom. The first kappa shape index (κ1) is 11.3. The second-order valence-electron chi connectivity index (χ2n) is 4.12. The summed E-state index contributed by atoms with van der Waals surface area (Å²) >= 11 is 0. The van der Waals surface area contributed by atoms with Crippen molar-refractivity contribution in [3.8, 4) is 11.5 Å². The molecule has 1 unspecified atom stereocenters. The van der Waals surface area contributed by atoms with Crippen molar-refractivity contribution in [1.82, 2.24) is 5.32 Å². The topological polar surface area (TPSA) is 41.5 Å². The van der Waals surface area contributed by atoms with Gasteiger partial charge in [0.25, 0.3) is 0 Å². The highest BCUT2D eigenvalue weighted by Gasteiger charge is 2.21. The van der Waals surface area contributed by atoms with E-state index in [-0.39, 0.29) is 6.04 Å². The molecule has 3 nitrogen and oxygen atoms in total. The van der Waals surface area contributed by atoms with Crippen LogP contribution in [0.4, 0.5) is 0 Å². The average Bonchev–Trinajstić information content (AvgIpc) is 2.31. The van der Waals surface area contributed by atoms with Crippen molar-refractivity contribution < 1.29 is 9.84 Å². The van der Waals surface area contributed by atoms with Gasteiger partial charge in [-0.05, 0) is 38.4 Å². The summed E-state index contributed by atoms with van der Waals surface area (Å²) in [4.78, 5) is 0. The van der Waals surface area contributed by atoms with Gasteiger partial charge in [0, 0.05) is 6.04 Å². The number of benzene rings is 1. The van der Waals surface area contributed by atoms with Gasteiger partial charge in [0.05, 0.1) is 12.2 Å². The molecule has 2 rings (SSSR count). The SMILES string of the molecule is CCOc1cccc(O)c1C1CCCCN1. The molecule has 1 saturated heterocycles. The number of phenolic OH excluding ortho intramolecular Hbond substituents is 1. The van der Waals surface area contributed by atoms with E-state index < -0.39 is 0 Å². The van der Waals surface area contributed by atoms with Gasteiger partial charge in [-0.15, -0.1) is 0 Å². The number of rotatable bonds is 3. The summed E-state index contributed by atoms with van der Waals surface area (Å²) < 4.78 is 5.57. The molecule has 3 heteroatoms. The zero-order valence-corrected chi connectivity index (χ0v) is 9.70. The Bertz CT molecular complexity index is 346. The Kier molecular flexibility index (Phi) is 3.67. The van der Waals surface area contributed by atoms with E-state index >= 15 is 0 Å². The number of hydrogen-bond donors (Lipinski definition) is 2. The van der Waals surface area contributed by atoms with Gasteiger partial charge in [-0.1, -0.05) is 12.5 Å². The summed E-state index contributed by atoms with van der Waals surface area (Å²) in [5, 5.41) is 13.4. The van der Waals surface area contributed by atoms with E-state index in [0.29, 0.717) is 12.4 Å². The van der Waals surface area contributed by atoms with Crippen LogP contribution < -0.4 is 10.1 Å². The zero-order valence-electron chi connectivity index (χ0n) is 9.70. The Balaban J connectivity index is 2.28. The average molecular weight is 221 g/mol. The molecule has 0 aromatic heterocycles. The minimum Gasteiger partial charge on any atom is -0.507 e. The van der Waals surface area contributed by atoms with Crippen LogP contribution in [0.15, 0.2) is 18.2 Å². The van der Waals surface area contributed by atoms with E-state index in [1.807, 2.05) is 19.1 Å². The number of phenols is 1. The van der Waals surface area contributed by atoms with E-state index in [4.69, 9.17) is 4.74 Å². The third-order valence-corrected chi connectivity index (χ3v) is 3.00. The number of aromatic hydroxyl groups is 1. The highest BCUT2D eigenvalue weighted by atomic mass is 16.5. The second kappa shape index (κ2) is 5.21. The molecule has 0 aliphatic carbocycles. The molecule has 1 aromatic rings. The Labute approximate surface area is 96.4 Å². The van der Waals surface area contributed by atoms with Crippen molar-refractivity contribution >= 4 is 0 Å². The van der Waals surface area contributed by atoms with Crippen LogP contribution in [-0.4, -0.2) is 18.3 Å². The Hall–Kier alpha value is -1.22. The fraction of sp³-hybridized carbons (Fsp3) is 0.538. The lowest BCUT2D eigenvalue weighted by Gasteiger charge is -2.26. The van der Waals surface area contributed by atoms with Crippen molar-refractivity contribution in [2.24, 2.45) is 0 Å². The summed E-state index contributed by atoms with van der Waals surface area (Å²) in [6, 6.07) is 5.71. The van der Waals surface area contributed by atoms with Gasteiger partial charge >= 0.3 is 0 Å². The second-order valence-corrected chi connectivity index (χ2v) is 4.12. The van der Waals surface area contributed by atoms with Gasteiger partial charge in [0.1, 0.15) is 11.5 Å². The first-order valence-electron chi connectivity index (χ1n) is 6.01. The van der Waals surface area contributed by atoms with Crippen LogP contribution in [0.2, 0.25) is 0 Å². The largest absolute Gasteiger partial charge is 0.507 e. The standard InChI is InChI=1S/C13H19NO2/c1-2-16-12-8-5-7-11(15)13(12)10-6-3-4-9-14-10/h5,7-8,10,14-15H,2-4,6,9H2,1H3. The molecule has 88 valence electrons. The lowest BCUT2D eigenvalue weighted by molar-refractivity contribution is 0.317. The Morgan fingerprint density at radius 1 is 1.44 bits per heavy atom. The van der Waals surface area contributed by atoms with E-state index in [9.17, 15) is 5.11 Å². The molecule has 0 spiro atoms. The van der Waals surface area contributed by atoms with Crippen LogP contribution >= 0.6 is 0 Å². The molecular weight excluding hydrogens is 202 g/mol. The van der Waals surface area contributed by atoms with Crippen LogP contribution in [0, 0.1) is 0 Å². The van der Waals surface area contributed by atoms with Crippen molar-refractivity contribution in [1.29, 1.82) is 0 Å². The summed E-state index contributed by atoms with van der Waals surface area (Å²) in [6.45, 7) is 3.61. The molecule has 0 amide bonds. The maximum Gasteiger partial charge on any atom is 0.127 e. The quantitative estimate of drug-likeness (QED) is 0.824. The molecule has 1 aliphatic rings. The predicted molar refractivity (Wildman–Crippen MR) is 63.9 cm³/mol. The highest BCUT2D eigenvalue weighted by Crippen LogP contribution is 2.36. The third kappa shape index (κ3) is 2.30. The van der Waals surface area contributed by atoms with Gasteiger partial charge in [-0.3, -0.25) is 0 Å². The number of piperidine rings is 1. The molecule has 16 heavy (non-hydrogen) atoms. The molecule has 1 aliphatic heterocycles. The van der Waals surface area contributed by atoms with E-state index in [0.717, 1.165) is 24.3 Å². The maximum atomic E-state index is 9.95. The van der Waals surface area contributed by atoms with Crippen molar-refractivity contribution in [2.75, 3.05) is 13.2 Å². The molecule has 1 aromatic carbocycles. The lowest BCUT2D eigenvalue weighted by atomic mass is 9.96. The third-order valence-electron chi connectivity index (χ3n) is 3.00. The Morgan fingerprint density at radius 2 is 2.31 bits per heavy atom. The first-order valence-corrected chi connectivity index (χ1v) is 6.01. The van der Waals surface area contributed by atoms with Gasteiger partial charge in [0.2, 0.25) is 0 Å². The minimum absolute atomic E-state index is 0.233. The molecular formula is C13H19NO2. The van der Waals surface area contributed by atoms with Crippen LogP contribution in [0.5, 0.6) is 11.5 Å². The summed E-state index contributed by atoms with van der Waals surface area (Å²) in [7, 11) is 0. The van der Waals surface area contributed by atoms with Gasteiger partial charge in [0.15, 0.2) is 0 Å². The van der Waals surface area contributed by atoms with Crippen LogP contribution in [0.1, 0.15) is 37.8 Å². The minimum atomic E-state index is 0.233. The van der Waals surface area contributed by atoms with Gasteiger partial charge < -0.3 is 15.2 Å². The molecule has 1 atom stereocenters. The monoisotopic (exact) mass is 221 g/mol. The number of nitrogens with one attached hydrogen (secondary N) is 1. The van der Waals surface area contributed by atoms with Crippen molar-refractivity contribution in [2.45, 2.75) is 32.2 Å². The fourth-order valence-electron chi connectivity index (χ4n) is 2.26. The summed E-state index contributed by atoms with van der Waals surface area (Å²) in [5.41, 5.74) is 0.920. The molecule has 0 radical (unpaired) electrons. The van der Waals surface area contributed by atoms with E-state index in [1.54, 1.807) is 6.07 Å². The highest BCUT2D eigenvalue weighted by molar-refractivity contribution is 5.46. The predicted octanol–water partition coefficient (Wildman–Crippen LogP) is 2.61. The van der Waals surface area contributed by atoms with Crippen LogP contribution in [0.25, 0.3) is 0 Å². The summed E-state index contributed by atoms with van der Waals surface area (Å²) in [6.07, 6.45) is 3.49. The van der Waals surface area contributed by atoms with Crippen LogP contribution in [-0.2, 0) is 0 Å². The van der Waals surface area contributed by atoms with Gasteiger partial charge in [-0.25, -0.2) is 0 Å². The molecule has 1 heterocycles. The normalized spacial score (nSPS) is 20.7. The number of ether oxygens (including phenoxy) is 1. The lowest BCUT2D eigenvalue weighted by Crippen LogP contribution is -2.27. The number of hydrogen-bond acceptors (Lipinski definition) is 3.